The zero-order valence-electron chi connectivity index (χ0n) is 9.22. The summed E-state index contributed by atoms with van der Waals surface area (Å²) in [6.45, 7) is 5.72. The summed E-state index contributed by atoms with van der Waals surface area (Å²) in [6.07, 6.45) is 5.68. The van der Waals surface area contributed by atoms with Crippen LogP contribution in [0.3, 0.4) is 0 Å². The van der Waals surface area contributed by atoms with Crippen molar-refractivity contribution in [1.29, 1.82) is 0 Å². The molecule has 0 aromatic heterocycles. The summed E-state index contributed by atoms with van der Waals surface area (Å²) in [6, 6.07) is 0. The molecule has 0 aliphatic heterocycles. The highest BCUT2D eigenvalue weighted by Crippen LogP contribution is 2.20. The lowest BCUT2D eigenvalue weighted by Gasteiger charge is -2.23. The van der Waals surface area contributed by atoms with Crippen molar-refractivity contribution >= 4 is 22.6 Å². The van der Waals surface area contributed by atoms with Crippen molar-refractivity contribution < 1.29 is 9.47 Å². The molecule has 3 heteroatoms. The monoisotopic (exact) mass is 312 g/mol. The summed E-state index contributed by atoms with van der Waals surface area (Å²) in [4.78, 5) is 0. The first kappa shape index (κ1) is 12.7. The summed E-state index contributed by atoms with van der Waals surface area (Å²) in [7, 11) is 0. The Labute approximate surface area is 101 Å². The molecule has 0 radical (unpaired) electrons. The largest absolute Gasteiger partial charge is 0.376 e. The van der Waals surface area contributed by atoms with Crippen LogP contribution in [0.15, 0.2) is 0 Å². The minimum absolute atomic E-state index is 0.000401. The van der Waals surface area contributed by atoms with E-state index in [0.29, 0.717) is 6.10 Å². The second kappa shape index (κ2) is 6.28. The van der Waals surface area contributed by atoms with Gasteiger partial charge in [-0.1, -0.05) is 35.4 Å². The lowest BCUT2D eigenvalue weighted by atomic mass is 10.2. The molecule has 0 atom stereocenters. The van der Waals surface area contributed by atoms with Crippen molar-refractivity contribution in [2.24, 2.45) is 0 Å². The second-order valence-electron chi connectivity index (χ2n) is 4.52. The second-order valence-corrected chi connectivity index (χ2v) is 5.28. The topological polar surface area (TPSA) is 18.5 Å². The van der Waals surface area contributed by atoms with Gasteiger partial charge in [0.25, 0.3) is 0 Å². The number of rotatable bonds is 6. The van der Waals surface area contributed by atoms with Gasteiger partial charge >= 0.3 is 0 Å². The van der Waals surface area contributed by atoms with Crippen LogP contribution in [-0.2, 0) is 9.47 Å². The van der Waals surface area contributed by atoms with Crippen molar-refractivity contribution in [3.05, 3.63) is 0 Å². The van der Waals surface area contributed by atoms with Crippen molar-refractivity contribution in [3.63, 3.8) is 0 Å². The van der Waals surface area contributed by atoms with Gasteiger partial charge < -0.3 is 9.47 Å². The first-order valence-corrected chi connectivity index (χ1v) is 6.98. The number of ether oxygens (including phenoxy) is 2. The predicted molar refractivity (Wildman–Crippen MR) is 67.1 cm³/mol. The summed E-state index contributed by atoms with van der Waals surface area (Å²) in [5.74, 6) is 0. The Morgan fingerprint density at radius 3 is 2.43 bits per heavy atom. The Morgan fingerprint density at radius 2 is 1.86 bits per heavy atom. The highest BCUT2D eigenvalue weighted by atomic mass is 127. The molecule has 2 nitrogen and oxygen atoms in total. The van der Waals surface area contributed by atoms with Gasteiger partial charge in [-0.2, -0.15) is 0 Å². The van der Waals surface area contributed by atoms with Crippen LogP contribution >= 0.6 is 22.6 Å². The van der Waals surface area contributed by atoms with E-state index in [2.05, 4.69) is 36.4 Å². The van der Waals surface area contributed by atoms with E-state index in [1.54, 1.807) is 0 Å². The van der Waals surface area contributed by atoms with Crippen LogP contribution < -0.4 is 0 Å². The molecule has 0 saturated heterocycles. The van der Waals surface area contributed by atoms with Gasteiger partial charge in [-0.25, -0.2) is 0 Å². The standard InChI is InChI=1S/C11H21IO2/c1-11(2,9-12)14-8-7-13-10-5-3-4-6-10/h10H,3-9H2,1-2H3. The Hall–Kier alpha value is 0.650. The zero-order valence-corrected chi connectivity index (χ0v) is 11.4. The van der Waals surface area contributed by atoms with Crippen LogP contribution in [0.2, 0.25) is 0 Å². The number of hydrogen-bond acceptors (Lipinski definition) is 2. The Balaban J connectivity index is 1.98. The third-order valence-electron chi connectivity index (χ3n) is 2.55. The molecule has 1 aliphatic carbocycles. The normalized spacial score (nSPS) is 19.1. The van der Waals surface area contributed by atoms with Gasteiger partial charge in [-0.05, 0) is 26.7 Å². The SMILES string of the molecule is CC(C)(CI)OCCOC1CCCC1. The van der Waals surface area contributed by atoms with Crippen molar-refractivity contribution in [2.45, 2.75) is 51.2 Å². The summed E-state index contributed by atoms with van der Waals surface area (Å²) < 4.78 is 12.4. The van der Waals surface area contributed by atoms with Crippen molar-refractivity contribution in [3.8, 4) is 0 Å². The number of hydrogen-bond donors (Lipinski definition) is 0. The first-order chi connectivity index (χ1) is 6.64. The van der Waals surface area contributed by atoms with Crippen LogP contribution in [0.25, 0.3) is 0 Å². The Bertz CT molecular complexity index is 153. The van der Waals surface area contributed by atoms with Gasteiger partial charge in [0.1, 0.15) is 0 Å². The third kappa shape index (κ3) is 4.94. The average molecular weight is 312 g/mol. The molecule has 0 N–H and O–H groups in total. The van der Waals surface area contributed by atoms with E-state index in [4.69, 9.17) is 9.47 Å². The number of halogens is 1. The van der Waals surface area contributed by atoms with Gasteiger partial charge in [0.05, 0.1) is 24.9 Å². The fourth-order valence-corrected chi connectivity index (χ4v) is 1.85. The van der Waals surface area contributed by atoms with Crippen molar-refractivity contribution in [2.75, 3.05) is 17.6 Å². The molecule has 0 unspecified atom stereocenters. The predicted octanol–water partition coefficient (Wildman–Crippen LogP) is 3.18. The van der Waals surface area contributed by atoms with E-state index in [1.807, 2.05) is 0 Å². The van der Waals surface area contributed by atoms with Gasteiger partial charge in [-0.3, -0.25) is 0 Å². The van der Waals surface area contributed by atoms with E-state index in [9.17, 15) is 0 Å². The lowest BCUT2D eigenvalue weighted by molar-refractivity contribution is -0.0466. The van der Waals surface area contributed by atoms with Crippen LogP contribution in [0, 0.1) is 0 Å². The van der Waals surface area contributed by atoms with E-state index >= 15 is 0 Å². The molecule has 1 rings (SSSR count). The van der Waals surface area contributed by atoms with Crippen molar-refractivity contribution in [1.82, 2.24) is 0 Å². The smallest absolute Gasteiger partial charge is 0.0716 e. The maximum Gasteiger partial charge on any atom is 0.0716 e. The molecule has 1 fully saturated rings. The third-order valence-corrected chi connectivity index (χ3v) is 4.39. The van der Waals surface area contributed by atoms with Gasteiger partial charge in [0.2, 0.25) is 0 Å². The Morgan fingerprint density at radius 1 is 1.21 bits per heavy atom. The summed E-state index contributed by atoms with van der Waals surface area (Å²) in [5.41, 5.74) is -0.000401. The molecular formula is C11H21IO2. The molecule has 84 valence electrons. The summed E-state index contributed by atoms with van der Waals surface area (Å²) in [5, 5.41) is 0. The van der Waals surface area contributed by atoms with Gasteiger partial charge in [0, 0.05) is 4.43 Å². The molecule has 0 aromatic rings. The first-order valence-electron chi connectivity index (χ1n) is 5.45. The molecule has 0 heterocycles. The van der Waals surface area contributed by atoms with E-state index < -0.39 is 0 Å². The molecule has 0 aromatic carbocycles. The lowest BCUT2D eigenvalue weighted by Crippen LogP contribution is -2.28. The van der Waals surface area contributed by atoms with Crippen LogP contribution in [0.5, 0.6) is 0 Å². The zero-order chi connectivity index (χ0) is 10.4. The quantitative estimate of drug-likeness (QED) is 0.426. The van der Waals surface area contributed by atoms with E-state index in [1.165, 1.54) is 25.7 Å². The maximum atomic E-state index is 5.72. The Kier molecular flexibility index (Phi) is 5.71. The van der Waals surface area contributed by atoms with Crippen LogP contribution in [-0.4, -0.2) is 29.3 Å². The molecule has 0 spiro atoms. The van der Waals surface area contributed by atoms with Gasteiger partial charge in [-0.15, -0.1) is 0 Å². The molecular weight excluding hydrogens is 291 g/mol. The molecule has 0 bridgehead atoms. The summed E-state index contributed by atoms with van der Waals surface area (Å²) >= 11 is 2.35. The van der Waals surface area contributed by atoms with Crippen LogP contribution in [0.4, 0.5) is 0 Å². The fourth-order valence-electron chi connectivity index (χ4n) is 1.63. The number of alkyl halides is 1. The average Bonchev–Trinajstić information content (AvgIpc) is 2.65. The maximum absolute atomic E-state index is 5.72. The minimum Gasteiger partial charge on any atom is -0.376 e. The van der Waals surface area contributed by atoms with E-state index in [0.717, 1.165) is 17.6 Å². The molecule has 14 heavy (non-hydrogen) atoms. The molecule has 1 aliphatic rings. The fraction of sp³-hybridized carbons (Fsp3) is 1.00. The minimum atomic E-state index is -0.000401. The molecule has 0 amide bonds. The van der Waals surface area contributed by atoms with E-state index in [-0.39, 0.29) is 5.60 Å². The highest BCUT2D eigenvalue weighted by Gasteiger charge is 2.17. The molecule has 1 saturated carbocycles. The van der Waals surface area contributed by atoms with Gasteiger partial charge in [0.15, 0.2) is 0 Å². The van der Waals surface area contributed by atoms with Crippen LogP contribution in [0.1, 0.15) is 39.5 Å². The highest BCUT2D eigenvalue weighted by molar-refractivity contribution is 14.1.